The molecule has 1 N–H and O–H groups in total. The molecule has 4 heterocycles. The van der Waals surface area contributed by atoms with E-state index in [4.69, 9.17) is 21.7 Å². The van der Waals surface area contributed by atoms with E-state index in [0.717, 1.165) is 20.1 Å². The van der Waals surface area contributed by atoms with Crippen molar-refractivity contribution in [2.75, 3.05) is 0 Å². The first-order chi connectivity index (χ1) is 15.9. The number of pyridine rings is 2. The summed E-state index contributed by atoms with van der Waals surface area (Å²) in [5.41, 5.74) is 1.75. The summed E-state index contributed by atoms with van der Waals surface area (Å²) < 4.78 is 28.2. The van der Waals surface area contributed by atoms with Crippen molar-refractivity contribution < 1.29 is 128 Å². The number of rotatable bonds is 4. The quantitative estimate of drug-likeness (QED) is 0.0653. The van der Waals surface area contributed by atoms with Crippen LogP contribution in [0.15, 0.2) is 70.4 Å². The van der Waals surface area contributed by atoms with Gasteiger partial charge in [0.25, 0.3) is 6.47 Å². The first kappa shape index (κ1) is 37.7. The summed E-state index contributed by atoms with van der Waals surface area (Å²) in [6, 6.07) is 5.93. The molecule has 0 aliphatic carbocycles. The Hall–Kier alpha value is 0.533. The van der Waals surface area contributed by atoms with Gasteiger partial charge in [-0.05, 0) is 55.1 Å². The van der Waals surface area contributed by atoms with Crippen molar-refractivity contribution in [3.8, 4) is 0 Å². The molecular formula is C19H17Br2ClF2K2N6O3. The number of nitrogens with one attached hydrogen (secondary N) is 1. The average molecular weight is 689 g/mol. The Labute approximate surface area is 308 Å². The zero-order valence-electron chi connectivity index (χ0n) is 19.6. The van der Waals surface area contributed by atoms with Gasteiger partial charge in [-0.15, -0.1) is 11.6 Å². The van der Waals surface area contributed by atoms with Gasteiger partial charge in [0, 0.05) is 30.7 Å². The molecule has 0 fully saturated rings. The van der Waals surface area contributed by atoms with E-state index in [1.807, 2.05) is 6.20 Å². The van der Waals surface area contributed by atoms with Crippen molar-refractivity contribution in [1.82, 2.24) is 29.9 Å². The molecule has 0 saturated heterocycles. The topological polar surface area (TPSA) is 122 Å². The van der Waals surface area contributed by atoms with Gasteiger partial charge in [0.1, 0.15) is 0 Å². The molecule has 16 heteroatoms. The van der Waals surface area contributed by atoms with Crippen molar-refractivity contribution in [2.45, 2.75) is 12.4 Å². The van der Waals surface area contributed by atoms with Crippen LogP contribution in [0.5, 0.6) is 0 Å². The van der Waals surface area contributed by atoms with Crippen LogP contribution in [0.1, 0.15) is 12.6 Å². The minimum absolute atomic E-state index is 0. The molecule has 0 atom stereocenters. The summed E-state index contributed by atoms with van der Waals surface area (Å²) in [6.07, 6.45) is 9.94. The summed E-state index contributed by atoms with van der Waals surface area (Å²) in [4.78, 5) is 18.2. The monoisotopic (exact) mass is 686 g/mol. The number of carbonyl (C=O) groups excluding carboxylic acids is 1. The molecule has 0 aliphatic rings. The Bertz CT molecular complexity index is 1060. The SMILES string of the molecule is Brc1cn[nH]c1.Fc1ccc(CCl)cn1.Fc1ccc(Cn2cc(Br)cn2)cn1.O=CO[O-].[H-].[K+].[K+]. The molecule has 0 saturated carbocycles. The first-order valence-electron chi connectivity index (χ1n) is 8.69. The number of hydrogen-bond acceptors (Lipinski definition) is 7. The second-order valence-corrected chi connectivity index (χ2v) is 7.68. The third-order valence-corrected chi connectivity index (χ3v) is 4.33. The second-order valence-electron chi connectivity index (χ2n) is 5.58. The predicted octanol–water partition coefficient (Wildman–Crippen LogP) is -2.09. The molecule has 9 nitrogen and oxygen atoms in total. The van der Waals surface area contributed by atoms with Crippen LogP contribution in [0.25, 0.3) is 0 Å². The summed E-state index contributed by atoms with van der Waals surface area (Å²) in [5, 5.41) is 18.8. The van der Waals surface area contributed by atoms with Crippen LogP contribution in [-0.2, 0) is 22.1 Å². The fraction of sp³-hybridized carbons (Fsp3) is 0.105. The largest absolute Gasteiger partial charge is 1.00 e. The number of alkyl halides is 1. The van der Waals surface area contributed by atoms with Crippen molar-refractivity contribution in [2.24, 2.45) is 0 Å². The normalized spacial score (nSPS) is 8.74. The van der Waals surface area contributed by atoms with Crippen LogP contribution in [0.2, 0.25) is 0 Å². The third kappa shape index (κ3) is 19.3. The molecule has 4 aromatic rings. The maximum Gasteiger partial charge on any atom is 1.00 e. The Morgan fingerprint density at radius 2 is 1.60 bits per heavy atom. The molecule has 4 rings (SSSR count). The number of hydrogen-bond donors (Lipinski definition) is 1. The van der Waals surface area contributed by atoms with E-state index in [2.05, 4.69) is 62.0 Å². The summed E-state index contributed by atoms with van der Waals surface area (Å²) in [6.45, 7) is 0.416. The minimum atomic E-state index is -0.469. The van der Waals surface area contributed by atoms with Gasteiger partial charge in [-0.2, -0.15) is 19.0 Å². The van der Waals surface area contributed by atoms with Gasteiger partial charge >= 0.3 is 103 Å². The summed E-state index contributed by atoms with van der Waals surface area (Å²) in [7, 11) is 0. The molecule has 0 spiro atoms. The van der Waals surface area contributed by atoms with E-state index in [1.165, 1.54) is 24.5 Å². The van der Waals surface area contributed by atoms with E-state index in [-0.39, 0.29) is 111 Å². The Balaban J connectivity index is -0.000000432. The Kier molecular flexibility index (Phi) is 25.4. The fourth-order valence-electron chi connectivity index (χ4n) is 1.83. The van der Waals surface area contributed by atoms with Gasteiger partial charge in [-0.1, -0.05) is 12.1 Å². The molecule has 178 valence electrons. The van der Waals surface area contributed by atoms with Crippen LogP contribution in [0, 0.1) is 11.9 Å². The van der Waals surface area contributed by atoms with Crippen LogP contribution in [0.4, 0.5) is 8.78 Å². The summed E-state index contributed by atoms with van der Waals surface area (Å²) in [5.74, 6) is -0.549. The Morgan fingerprint density at radius 3 is 1.91 bits per heavy atom. The van der Waals surface area contributed by atoms with E-state index in [1.54, 1.807) is 35.4 Å². The molecular weight excluding hydrogens is 672 g/mol. The molecule has 0 unspecified atom stereocenters. The maximum atomic E-state index is 12.5. The van der Waals surface area contributed by atoms with E-state index < -0.39 is 11.9 Å². The number of aromatic nitrogens is 6. The smallest absolute Gasteiger partial charge is 1.00 e. The van der Waals surface area contributed by atoms with E-state index in [9.17, 15) is 8.78 Å². The number of halogens is 5. The van der Waals surface area contributed by atoms with Crippen molar-refractivity contribution >= 4 is 49.9 Å². The van der Waals surface area contributed by atoms with Gasteiger partial charge in [-0.3, -0.25) is 14.6 Å². The number of carbonyl (C=O) groups is 1. The molecule has 0 amide bonds. The second kappa shape index (κ2) is 23.6. The van der Waals surface area contributed by atoms with Gasteiger partial charge in [0.2, 0.25) is 11.9 Å². The van der Waals surface area contributed by atoms with E-state index >= 15 is 0 Å². The van der Waals surface area contributed by atoms with E-state index in [0.29, 0.717) is 12.4 Å². The molecule has 0 aromatic carbocycles. The fourth-order valence-corrected chi connectivity index (χ4v) is 2.52. The van der Waals surface area contributed by atoms with Crippen molar-refractivity contribution in [3.05, 3.63) is 93.4 Å². The van der Waals surface area contributed by atoms with Gasteiger partial charge < -0.3 is 11.6 Å². The molecule has 0 bridgehead atoms. The average Bonchev–Trinajstić information content (AvgIpc) is 3.47. The zero-order chi connectivity index (χ0) is 24.5. The van der Waals surface area contributed by atoms with Gasteiger partial charge in [0.05, 0.1) is 27.9 Å². The van der Waals surface area contributed by atoms with Crippen LogP contribution < -0.4 is 108 Å². The zero-order valence-corrected chi connectivity index (χ0v) is 28.8. The van der Waals surface area contributed by atoms with Crippen molar-refractivity contribution in [3.63, 3.8) is 0 Å². The first-order valence-corrected chi connectivity index (χ1v) is 10.8. The number of nitrogens with zero attached hydrogens (tertiary/aromatic N) is 5. The Morgan fingerprint density at radius 1 is 1.03 bits per heavy atom. The van der Waals surface area contributed by atoms with Crippen molar-refractivity contribution in [1.29, 1.82) is 0 Å². The predicted molar refractivity (Wildman–Crippen MR) is 122 cm³/mol. The molecule has 0 aliphatic heterocycles. The van der Waals surface area contributed by atoms with Gasteiger partial charge in [-0.25, -0.2) is 9.97 Å². The molecule has 4 aromatic heterocycles. The van der Waals surface area contributed by atoms with Crippen LogP contribution in [-0.4, -0.2) is 36.4 Å². The number of H-pyrrole nitrogens is 1. The van der Waals surface area contributed by atoms with Gasteiger partial charge in [0.15, 0.2) is 0 Å². The molecule has 0 radical (unpaired) electrons. The summed E-state index contributed by atoms with van der Waals surface area (Å²) >= 11 is 11.9. The molecule has 35 heavy (non-hydrogen) atoms. The third-order valence-electron chi connectivity index (χ3n) is 3.18. The van der Waals surface area contributed by atoms with Crippen LogP contribution >= 0.6 is 43.5 Å². The number of aromatic amines is 1. The minimum Gasteiger partial charge on any atom is -1.00 e. The van der Waals surface area contributed by atoms with Crippen LogP contribution in [0.3, 0.4) is 0 Å². The standard InChI is InChI=1S/C9H7BrFN3.C6H5ClFN.C3H3BrN2.CH2O3.2K.H/c10-8-4-13-14(6-8)5-7-1-2-9(11)12-3-7;7-3-5-1-2-6(8)9-4-5;4-3-1-5-6-2-3;2-1-4-3;;;/h1-4,6H,5H2;1-2,4H,3H2;1-2H,(H,5,6);1,3H;;;/q;;;;2*+1;-1/p-1. The maximum absolute atomic E-state index is 12.5.